The van der Waals surface area contributed by atoms with E-state index in [1.54, 1.807) is 11.8 Å². The molecule has 0 aliphatic carbocycles. The minimum Gasteiger partial charge on any atom is -0.299 e. The van der Waals surface area contributed by atoms with Crippen LogP contribution < -0.4 is 0 Å². The molecule has 0 saturated carbocycles. The summed E-state index contributed by atoms with van der Waals surface area (Å²) in [5, 5.41) is 0. The SMILES string of the molecule is C=CCCCCCC(=O)CSCC(C)C. The highest BCUT2D eigenvalue weighted by molar-refractivity contribution is 7.99. The molecule has 0 spiro atoms. The molecule has 88 valence electrons. The molecule has 0 aromatic rings. The second-order valence-corrected chi connectivity index (χ2v) is 5.37. The summed E-state index contributed by atoms with van der Waals surface area (Å²) in [5.41, 5.74) is 0. The summed E-state index contributed by atoms with van der Waals surface area (Å²) in [6, 6.07) is 0. The number of hydrogen-bond donors (Lipinski definition) is 0. The second-order valence-electron chi connectivity index (χ2n) is 4.34. The van der Waals surface area contributed by atoms with E-state index in [0.717, 1.165) is 31.4 Å². The summed E-state index contributed by atoms with van der Waals surface area (Å²) in [4.78, 5) is 11.4. The monoisotopic (exact) mass is 228 g/mol. The van der Waals surface area contributed by atoms with Gasteiger partial charge in [0, 0.05) is 6.42 Å². The molecule has 2 heteroatoms. The third-order valence-corrected chi connectivity index (χ3v) is 3.51. The van der Waals surface area contributed by atoms with Gasteiger partial charge in [0.2, 0.25) is 0 Å². The molecule has 15 heavy (non-hydrogen) atoms. The van der Waals surface area contributed by atoms with Crippen LogP contribution >= 0.6 is 11.8 Å². The molecule has 0 aliphatic heterocycles. The highest BCUT2D eigenvalue weighted by atomic mass is 32.2. The molecule has 0 aromatic carbocycles. The smallest absolute Gasteiger partial charge is 0.142 e. The number of ketones is 1. The Morgan fingerprint density at radius 2 is 2.07 bits per heavy atom. The van der Waals surface area contributed by atoms with Gasteiger partial charge in [-0.15, -0.1) is 6.58 Å². The van der Waals surface area contributed by atoms with Gasteiger partial charge in [-0.05, 0) is 30.9 Å². The van der Waals surface area contributed by atoms with Gasteiger partial charge in [0.05, 0.1) is 5.75 Å². The standard InChI is InChI=1S/C13H24OS/c1-4-5-6-7-8-9-13(14)11-15-10-12(2)3/h4,12H,1,5-11H2,2-3H3. The quantitative estimate of drug-likeness (QED) is 0.414. The Labute approximate surface area is 98.7 Å². The fraction of sp³-hybridized carbons (Fsp3) is 0.769. The number of carbonyl (C=O) groups excluding carboxylic acids is 1. The highest BCUT2D eigenvalue weighted by Gasteiger charge is 2.02. The topological polar surface area (TPSA) is 17.1 Å². The Kier molecular flexibility index (Phi) is 10.1. The molecule has 0 fully saturated rings. The zero-order chi connectivity index (χ0) is 11.5. The van der Waals surface area contributed by atoms with Crippen LogP contribution in [0, 0.1) is 5.92 Å². The van der Waals surface area contributed by atoms with E-state index in [1.807, 2.05) is 6.08 Å². The molecule has 1 nitrogen and oxygen atoms in total. The average molecular weight is 228 g/mol. The van der Waals surface area contributed by atoms with Gasteiger partial charge < -0.3 is 0 Å². The fourth-order valence-corrected chi connectivity index (χ4v) is 2.23. The van der Waals surface area contributed by atoms with Crippen molar-refractivity contribution in [2.75, 3.05) is 11.5 Å². The number of allylic oxidation sites excluding steroid dienone is 1. The van der Waals surface area contributed by atoms with Crippen molar-refractivity contribution in [1.29, 1.82) is 0 Å². The van der Waals surface area contributed by atoms with Gasteiger partial charge in [-0.3, -0.25) is 4.79 Å². The number of thioether (sulfide) groups is 1. The van der Waals surface area contributed by atoms with Gasteiger partial charge in [-0.1, -0.05) is 26.3 Å². The van der Waals surface area contributed by atoms with E-state index >= 15 is 0 Å². The van der Waals surface area contributed by atoms with Crippen molar-refractivity contribution in [3.05, 3.63) is 12.7 Å². The van der Waals surface area contributed by atoms with Gasteiger partial charge >= 0.3 is 0 Å². The van der Waals surface area contributed by atoms with Gasteiger partial charge in [0.25, 0.3) is 0 Å². The highest BCUT2D eigenvalue weighted by Crippen LogP contribution is 2.10. The van der Waals surface area contributed by atoms with E-state index in [2.05, 4.69) is 20.4 Å². The first-order chi connectivity index (χ1) is 7.16. The molecule has 0 radical (unpaired) electrons. The third-order valence-electron chi connectivity index (χ3n) is 2.08. The first-order valence-corrected chi connectivity index (χ1v) is 7.02. The van der Waals surface area contributed by atoms with E-state index in [0.29, 0.717) is 17.5 Å². The number of carbonyl (C=O) groups is 1. The molecule has 0 saturated heterocycles. The Bertz CT molecular complexity index is 175. The van der Waals surface area contributed by atoms with Crippen LogP contribution in [0.25, 0.3) is 0 Å². The van der Waals surface area contributed by atoms with Crippen LogP contribution in [-0.4, -0.2) is 17.3 Å². The normalized spacial score (nSPS) is 10.6. The van der Waals surface area contributed by atoms with E-state index in [-0.39, 0.29) is 0 Å². The van der Waals surface area contributed by atoms with E-state index < -0.39 is 0 Å². The number of hydrogen-bond acceptors (Lipinski definition) is 2. The van der Waals surface area contributed by atoms with Crippen molar-refractivity contribution in [2.45, 2.75) is 46.0 Å². The zero-order valence-corrected chi connectivity index (χ0v) is 10.9. The van der Waals surface area contributed by atoms with Gasteiger partial charge in [0.1, 0.15) is 5.78 Å². The predicted octanol–water partition coefficient (Wildman–Crippen LogP) is 4.08. The summed E-state index contributed by atoms with van der Waals surface area (Å²) in [6.45, 7) is 8.05. The largest absolute Gasteiger partial charge is 0.299 e. The fourth-order valence-electron chi connectivity index (χ4n) is 1.27. The van der Waals surface area contributed by atoms with Crippen LogP contribution in [0.1, 0.15) is 46.0 Å². The van der Waals surface area contributed by atoms with E-state index in [4.69, 9.17) is 0 Å². The molecule has 0 bridgehead atoms. The lowest BCUT2D eigenvalue weighted by Crippen LogP contribution is -2.03. The minimum absolute atomic E-state index is 0.416. The molecule has 0 aromatic heterocycles. The van der Waals surface area contributed by atoms with Crippen molar-refractivity contribution < 1.29 is 4.79 Å². The summed E-state index contributed by atoms with van der Waals surface area (Å²) in [7, 11) is 0. The molecule has 0 unspecified atom stereocenters. The third kappa shape index (κ3) is 11.7. The molecule has 0 N–H and O–H groups in total. The van der Waals surface area contributed by atoms with Gasteiger partial charge in [0.15, 0.2) is 0 Å². The molecular weight excluding hydrogens is 204 g/mol. The van der Waals surface area contributed by atoms with Crippen LogP contribution in [0.15, 0.2) is 12.7 Å². The minimum atomic E-state index is 0.416. The second kappa shape index (κ2) is 10.3. The molecule has 0 amide bonds. The first-order valence-electron chi connectivity index (χ1n) is 5.87. The summed E-state index contributed by atoms with van der Waals surface area (Å²) < 4.78 is 0. The Morgan fingerprint density at radius 3 is 2.67 bits per heavy atom. The Morgan fingerprint density at radius 1 is 1.33 bits per heavy atom. The Hall–Kier alpha value is -0.240. The number of rotatable bonds is 10. The van der Waals surface area contributed by atoms with Crippen LogP contribution in [0.5, 0.6) is 0 Å². The first kappa shape index (κ1) is 14.8. The van der Waals surface area contributed by atoms with Crippen molar-refractivity contribution in [3.8, 4) is 0 Å². The lowest BCUT2D eigenvalue weighted by Gasteiger charge is -2.03. The summed E-state index contributed by atoms with van der Waals surface area (Å²) in [6.07, 6.45) is 7.18. The number of unbranched alkanes of at least 4 members (excludes halogenated alkanes) is 3. The van der Waals surface area contributed by atoms with Crippen LogP contribution in [-0.2, 0) is 4.79 Å². The maximum absolute atomic E-state index is 11.4. The lowest BCUT2D eigenvalue weighted by molar-refractivity contribution is -0.116. The van der Waals surface area contributed by atoms with Crippen LogP contribution in [0.4, 0.5) is 0 Å². The van der Waals surface area contributed by atoms with Crippen molar-refractivity contribution in [3.63, 3.8) is 0 Å². The van der Waals surface area contributed by atoms with E-state index in [9.17, 15) is 4.79 Å². The maximum atomic E-state index is 11.4. The zero-order valence-electron chi connectivity index (χ0n) is 10.1. The van der Waals surface area contributed by atoms with Crippen molar-refractivity contribution in [2.24, 2.45) is 5.92 Å². The molecule has 0 aliphatic rings. The lowest BCUT2D eigenvalue weighted by atomic mass is 10.1. The van der Waals surface area contributed by atoms with Crippen molar-refractivity contribution in [1.82, 2.24) is 0 Å². The van der Waals surface area contributed by atoms with Crippen LogP contribution in [0.2, 0.25) is 0 Å². The predicted molar refractivity (Wildman–Crippen MR) is 70.5 cm³/mol. The van der Waals surface area contributed by atoms with Crippen molar-refractivity contribution >= 4 is 17.5 Å². The van der Waals surface area contributed by atoms with Gasteiger partial charge in [-0.2, -0.15) is 11.8 Å². The maximum Gasteiger partial charge on any atom is 0.142 e. The van der Waals surface area contributed by atoms with Crippen LogP contribution in [0.3, 0.4) is 0 Å². The van der Waals surface area contributed by atoms with Gasteiger partial charge in [-0.25, -0.2) is 0 Å². The molecule has 0 rings (SSSR count). The summed E-state index contributed by atoms with van der Waals surface area (Å²) in [5.74, 6) is 2.91. The molecule has 0 atom stereocenters. The average Bonchev–Trinajstić information content (AvgIpc) is 2.17. The van der Waals surface area contributed by atoms with E-state index in [1.165, 1.54) is 6.42 Å². The molecule has 0 heterocycles. The molecular formula is C13H24OS. The Balaban J connectivity index is 3.22. The summed E-state index contributed by atoms with van der Waals surface area (Å²) >= 11 is 1.77. The number of Topliss-reactive ketones (excluding diaryl/α,β-unsaturated/α-hetero) is 1.